The lowest BCUT2D eigenvalue weighted by Gasteiger charge is -2.19. The van der Waals surface area contributed by atoms with Crippen LogP contribution in [0.15, 0.2) is 11.1 Å². The molecule has 0 saturated heterocycles. The molecule has 1 N–H and O–H groups in total. The Balaban J connectivity index is 2.17. The Labute approximate surface area is 80.8 Å². The molecule has 1 fully saturated rings. The van der Waals surface area contributed by atoms with Crippen LogP contribution in [0.2, 0.25) is 0 Å². The lowest BCUT2D eigenvalue weighted by Crippen LogP contribution is -2.11. The van der Waals surface area contributed by atoms with Gasteiger partial charge in [0.2, 0.25) is 0 Å². The second kappa shape index (κ2) is 2.60. The van der Waals surface area contributed by atoms with Crippen LogP contribution < -0.4 is 0 Å². The first kappa shape index (κ1) is 9.26. The van der Waals surface area contributed by atoms with E-state index in [9.17, 15) is 5.11 Å². The summed E-state index contributed by atoms with van der Waals surface area (Å²) in [7, 11) is 0. The van der Waals surface area contributed by atoms with E-state index >= 15 is 0 Å². The molecule has 0 amide bonds. The Kier molecular flexibility index (Phi) is 1.85. The first-order valence-corrected chi connectivity index (χ1v) is 5.31. The second-order valence-electron chi connectivity index (χ2n) is 5.42. The van der Waals surface area contributed by atoms with Gasteiger partial charge in [-0.05, 0) is 49.5 Å². The van der Waals surface area contributed by atoms with Crippen LogP contribution in [-0.2, 0) is 0 Å². The van der Waals surface area contributed by atoms with Gasteiger partial charge in [0, 0.05) is 0 Å². The van der Waals surface area contributed by atoms with Gasteiger partial charge in [-0.2, -0.15) is 0 Å². The van der Waals surface area contributed by atoms with Gasteiger partial charge in [0.15, 0.2) is 0 Å². The summed E-state index contributed by atoms with van der Waals surface area (Å²) in [4.78, 5) is 0. The van der Waals surface area contributed by atoms with Crippen LogP contribution in [0.1, 0.15) is 40.5 Å². The zero-order valence-electron chi connectivity index (χ0n) is 9.09. The zero-order chi connectivity index (χ0) is 9.80. The van der Waals surface area contributed by atoms with Crippen LogP contribution >= 0.6 is 0 Å². The average Bonchev–Trinajstić information content (AvgIpc) is 2.52. The van der Waals surface area contributed by atoms with Crippen molar-refractivity contribution in [1.82, 2.24) is 0 Å². The van der Waals surface area contributed by atoms with Crippen molar-refractivity contribution in [2.45, 2.75) is 46.6 Å². The molecular weight excluding hydrogens is 160 g/mol. The third-order valence-corrected chi connectivity index (χ3v) is 4.31. The van der Waals surface area contributed by atoms with Gasteiger partial charge >= 0.3 is 0 Å². The first-order valence-electron chi connectivity index (χ1n) is 5.31. The molecule has 0 spiro atoms. The van der Waals surface area contributed by atoms with Gasteiger partial charge < -0.3 is 5.11 Å². The third kappa shape index (κ3) is 1.25. The molecular formula is C12H20O. The number of hydrogen-bond donors (Lipinski definition) is 1. The summed E-state index contributed by atoms with van der Waals surface area (Å²) in [6.07, 6.45) is 2.14. The van der Waals surface area contributed by atoms with Gasteiger partial charge in [-0.15, -0.1) is 0 Å². The van der Waals surface area contributed by atoms with Crippen LogP contribution in [-0.4, -0.2) is 11.2 Å². The molecule has 74 valence electrons. The van der Waals surface area contributed by atoms with Crippen molar-refractivity contribution in [3.05, 3.63) is 11.1 Å². The minimum Gasteiger partial charge on any atom is -0.389 e. The quantitative estimate of drug-likeness (QED) is 0.615. The third-order valence-electron chi connectivity index (χ3n) is 4.31. The average molecular weight is 180 g/mol. The van der Waals surface area contributed by atoms with Gasteiger partial charge in [-0.25, -0.2) is 0 Å². The normalized spacial score (nSPS) is 38.5. The standard InChI is InChI=1S/C12H20O/c1-7-5-10-11(12(10,3)4)6-9(7)8(2)13/h8,10-11,13H,5-6H2,1-4H3/t8-,10+,11-/m1/s1. The number of hydrogen-bond acceptors (Lipinski definition) is 1. The molecule has 1 heteroatoms. The summed E-state index contributed by atoms with van der Waals surface area (Å²) < 4.78 is 0. The van der Waals surface area contributed by atoms with Crippen molar-refractivity contribution in [3.8, 4) is 0 Å². The molecule has 1 nitrogen and oxygen atoms in total. The zero-order valence-corrected chi connectivity index (χ0v) is 9.09. The number of allylic oxidation sites excluding steroid dienone is 1. The van der Waals surface area contributed by atoms with Crippen molar-refractivity contribution in [3.63, 3.8) is 0 Å². The predicted octanol–water partition coefficient (Wildman–Crippen LogP) is 2.75. The van der Waals surface area contributed by atoms with Crippen molar-refractivity contribution in [2.24, 2.45) is 17.3 Å². The molecule has 2 aliphatic carbocycles. The molecule has 13 heavy (non-hydrogen) atoms. The van der Waals surface area contributed by atoms with Crippen LogP contribution in [0, 0.1) is 17.3 Å². The molecule has 0 aromatic carbocycles. The molecule has 0 radical (unpaired) electrons. The van der Waals surface area contributed by atoms with Gasteiger partial charge in [-0.3, -0.25) is 0 Å². The highest BCUT2D eigenvalue weighted by molar-refractivity contribution is 5.28. The number of rotatable bonds is 1. The number of aliphatic hydroxyl groups excluding tert-OH is 1. The molecule has 0 aliphatic heterocycles. The summed E-state index contributed by atoms with van der Waals surface area (Å²) in [5, 5.41) is 9.60. The molecule has 3 atom stereocenters. The van der Waals surface area contributed by atoms with E-state index in [4.69, 9.17) is 0 Å². The van der Waals surface area contributed by atoms with Crippen LogP contribution in [0.4, 0.5) is 0 Å². The summed E-state index contributed by atoms with van der Waals surface area (Å²) >= 11 is 0. The van der Waals surface area contributed by atoms with E-state index < -0.39 is 0 Å². The fourth-order valence-electron chi connectivity index (χ4n) is 3.07. The minimum absolute atomic E-state index is 0.225. The van der Waals surface area contributed by atoms with E-state index in [1.165, 1.54) is 17.6 Å². The molecule has 0 aromatic heterocycles. The van der Waals surface area contributed by atoms with E-state index in [1.54, 1.807) is 0 Å². The molecule has 0 heterocycles. The fraction of sp³-hybridized carbons (Fsp3) is 0.833. The first-order chi connectivity index (χ1) is 5.94. The smallest absolute Gasteiger partial charge is 0.0724 e. The fourth-order valence-corrected chi connectivity index (χ4v) is 3.07. The van der Waals surface area contributed by atoms with Crippen molar-refractivity contribution >= 4 is 0 Å². The summed E-state index contributed by atoms with van der Waals surface area (Å²) in [6.45, 7) is 8.81. The summed E-state index contributed by atoms with van der Waals surface area (Å²) in [5.74, 6) is 1.75. The highest BCUT2D eigenvalue weighted by atomic mass is 16.3. The predicted molar refractivity (Wildman–Crippen MR) is 54.4 cm³/mol. The summed E-state index contributed by atoms with van der Waals surface area (Å²) in [6, 6.07) is 0. The van der Waals surface area contributed by atoms with Gasteiger partial charge in [0.1, 0.15) is 0 Å². The highest BCUT2D eigenvalue weighted by Gasteiger charge is 2.58. The van der Waals surface area contributed by atoms with E-state index in [2.05, 4.69) is 20.8 Å². The maximum atomic E-state index is 9.60. The van der Waals surface area contributed by atoms with E-state index in [0.717, 1.165) is 18.3 Å². The highest BCUT2D eigenvalue weighted by Crippen LogP contribution is 2.65. The van der Waals surface area contributed by atoms with Crippen LogP contribution in [0.25, 0.3) is 0 Å². The molecule has 0 aromatic rings. The Morgan fingerprint density at radius 1 is 1.31 bits per heavy atom. The van der Waals surface area contributed by atoms with Crippen molar-refractivity contribution in [2.75, 3.05) is 0 Å². The number of aliphatic hydroxyl groups is 1. The molecule has 1 saturated carbocycles. The number of fused-ring (bicyclic) bond motifs is 1. The molecule has 0 unspecified atom stereocenters. The lowest BCUT2D eigenvalue weighted by molar-refractivity contribution is 0.221. The SMILES string of the molecule is CC1=C([C@@H](C)O)C[C@@H]2[C@H](C1)C2(C)C. The molecule has 2 aliphatic rings. The summed E-state index contributed by atoms with van der Waals surface area (Å²) in [5.41, 5.74) is 3.30. The van der Waals surface area contributed by atoms with Crippen LogP contribution in [0.5, 0.6) is 0 Å². The Bertz CT molecular complexity index is 260. The van der Waals surface area contributed by atoms with E-state index in [1.807, 2.05) is 6.92 Å². The molecule has 2 rings (SSSR count). The maximum Gasteiger partial charge on any atom is 0.0724 e. The Morgan fingerprint density at radius 2 is 1.85 bits per heavy atom. The monoisotopic (exact) mass is 180 g/mol. The van der Waals surface area contributed by atoms with Gasteiger partial charge in [0.25, 0.3) is 0 Å². The van der Waals surface area contributed by atoms with E-state index in [-0.39, 0.29) is 6.10 Å². The van der Waals surface area contributed by atoms with Crippen molar-refractivity contribution in [1.29, 1.82) is 0 Å². The van der Waals surface area contributed by atoms with Gasteiger partial charge in [0.05, 0.1) is 6.10 Å². The van der Waals surface area contributed by atoms with Crippen molar-refractivity contribution < 1.29 is 5.11 Å². The topological polar surface area (TPSA) is 20.2 Å². The van der Waals surface area contributed by atoms with Crippen LogP contribution in [0.3, 0.4) is 0 Å². The Hall–Kier alpha value is -0.300. The van der Waals surface area contributed by atoms with E-state index in [0.29, 0.717) is 5.41 Å². The minimum atomic E-state index is -0.225. The Morgan fingerprint density at radius 3 is 2.38 bits per heavy atom. The van der Waals surface area contributed by atoms with Gasteiger partial charge in [-0.1, -0.05) is 19.4 Å². The second-order valence-corrected chi connectivity index (χ2v) is 5.42. The lowest BCUT2D eigenvalue weighted by atomic mass is 9.90. The largest absolute Gasteiger partial charge is 0.389 e. The maximum absolute atomic E-state index is 9.60. The molecule has 0 bridgehead atoms.